The molecule has 0 N–H and O–H groups in total. The number of hydrogen-bond donors (Lipinski definition) is 0. The number of aromatic nitrogens is 5. The fourth-order valence-corrected chi connectivity index (χ4v) is 5.09. The normalized spacial score (nSPS) is 16.5. The summed E-state index contributed by atoms with van der Waals surface area (Å²) in [5.41, 5.74) is 1.28. The molecule has 0 saturated carbocycles. The topological polar surface area (TPSA) is 110 Å². The first kappa shape index (κ1) is 18.7. The van der Waals surface area contributed by atoms with Gasteiger partial charge in [-0.15, -0.1) is 5.10 Å². The average Bonchev–Trinajstić information content (AvgIpc) is 3.29. The summed E-state index contributed by atoms with van der Waals surface area (Å²) >= 11 is 0. The van der Waals surface area contributed by atoms with Crippen LogP contribution in [0.3, 0.4) is 0 Å². The number of sulfonamides is 1. The van der Waals surface area contributed by atoms with Crippen LogP contribution in [-0.4, -0.2) is 69.2 Å². The van der Waals surface area contributed by atoms with Crippen LogP contribution in [0.4, 0.5) is 0 Å². The Bertz CT molecular complexity index is 1030. The second kappa shape index (κ2) is 7.41. The van der Waals surface area contributed by atoms with Crippen molar-refractivity contribution in [2.24, 2.45) is 0 Å². The third kappa shape index (κ3) is 3.43. The lowest BCUT2D eigenvalue weighted by molar-refractivity contribution is 0.177. The first-order chi connectivity index (χ1) is 13.5. The number of tetrazole rings is 1. The van der Waals surface area contributed by atoms with Gasteiger partial charge in [0.15, 0.2) is 11.6 Å². The minimum Gasteiger partial charge on any atom is -0.360 e. The summed E-state index contributed by atoms with van der Waals surface area (Å²) in [5, 5.41) is 15.7. The van der Waals surface area contributed by atoms with E-state index in [9.17, 15) is 8.42 Å². The summed E-state index contributed by atoms with van der Waals surface area (Å²) in [4.78, 5) is 2.32. The summed E-state index contributed by atoms with van der Waals surface area (Å²) in [6.45, 7) is 5.75. The SMILES string of the molecule is Cc1noc(C)c1S(=O)(=O)N1CCN(Cc2nnnn2-c2ccccc2)CC1. The lowest BCUT2D eigenvalue weighted by atomic mass is 10.3. The lowest BCUT2D eigenvalue weighted by Crippen LogP contribution is -2.48. The number of para-hydroxylation sites is 1. The zero-order valence-electron chi connectivity index (χ0n) is 15.7. The van der Waals surface area contributed by atoms with Crippen molar-refractivity contribution in [1.29, 1.82) is 0 Å². The fourth-order valence-electron chi connectivity index (χ4n) is 3.37. The molecule has 1 aliphatic rings. The Hall–Kier alpha value is -2.63. The molecular formula is C17H21N7O3S. The van der Waals surface area contributed by atoms with Crippen LogP contribution < -0.4 is 0 Å². The predicted molar refractivity (Wildman–Crippen MR) is 99.2 cm³/mol. The van der Waals surface area contributed by atoms with Gasteiger partial charge in [-0.05, 0) is 36.4 Å². The van der Waals surface area contributed by atoms with Gasteiger partial charge in [0.25, 0.3) is 0 Å². The molecule has 1 aliphatic heterocycles. The van der Waals surface area contributed by atoms with Crippen molar-refractivity contribution in [3.05, 3.63) is 47.6 Å². The van der Waals surface area contributed by atoms with Crippen LogP contribution in [0.1, 0.15) is 17.3 Å². The van der Waals surface area contributed by atoms with Gasteiger partial charge in [-0.1, -0.05) is 23.4 Å². The Balaban J connectivity index is 1.44. The van der Waals surface area contributed by atoms with E-state index in [1.54, 1.807) is 18.5 Å². The number of piperazine rings is 1. The van der Waals surface area contributed by atoms with E-state index in [-0.39, 0.29) is 4.90 Å². The quantitative estimate of drug-likeness (QED) is 0.614. The first-order valence-electron chi connectivity index (χ1n) is 8.95. The largest absolute Gasteiger partial charge is 0.360 e. The number of nitrogens with zero attached hydrogens (tertiary/aromatic N) is 7. The monoisotopic (exact) mass is 403 g/mol. The number of rotatable bonds is 5. The summed E-state index contributed by atoms with van der Waals surface area (Å²) in [7, 11) is -3.61. The highest BCUT2D eigenvalue weighted by Crippen LogP contribution is 2.24. The highest BCUT2D eigenvalue weighted by molar-refractivity contribution is 7.89. The molecule has 0 radical (unpaired) electrons. The molecule has 148 valence electrons. The minimum atomic E-state index is -3.61. The average molecular weight is 403 g/mol. The van der Waals surface area contributed by atoms with Crippen LogP contribution in [-0.2, 0) is 16.6 Å². The Kier molecular flexibility index (Phi) is 4.96. The number of hydrogen-bond acceptors (Lipinski definition) is 8. The molecule has 1 fully saturated rings. The van der Waals surface area contributed by atoms with Crippen LogP contribution in [0, 0.1) is 13.8 Å². The zero-order chi connectivity index (χ0) is 19.7. The zero-order valence-corrected chi connectivity index (χ0v) is 16.5. The molecule has 3 heterocycles. The molecule has 1 saturated heterocycles. The van der Waals surface area contributed by atoms with Gasteiger partial charge in [0, 0.05) is 26.2 Å². The fraction of sp³-hybridized carbons (Fsp3) is 0.412. The molecule has 3 aromatic rings. The van der Waals surface area contributed by atoms with E-state index in [1.807, 2.05) is 30.3 Å². The van der Waals surface area contributed by atoms with Crippen molar-refractivity contribution < 1.29 is 12.9 Å². The summed E-state index contributed by atoms with van der Waals surface area (Å²) in [6, 6.07) is 9.67. The Morgan fingerprint density at radius 3 is 2.43 bits per heavy atom. The third-order valence-corrected chi connectivity index (χ3v) is 6.94. The van der Waals surface area contributed by atoms with E-state index in [1.165, 1.54) is 4.31 Å². The third-order valence-electron chi connectivity index (χ3n) is 4.80. The second-order valence-electron chi connectivity index (χ2n) is 6.68. The summed E-state index contributed by atoms with van der Waals surface area (Å²) in [6.07, 6.45) is 0. The molecule has 0 spiro atoms. The van der Waals surface area contributed by atoms with Crippen molar-refractivity contribution in [2.45, 2.75) is 25.3 Å². The maximum absolute atomic E-state index is 12.9. The van der Waals surface area contributed by atoms with Gasteiger partial charge in [-0.2, -0.15) is 8.99 Å². The minimum absolute atomic E-state index is 0.175. The van der Waals surface area contributed by atoms with Gasteiger partial charge < -0.3 is 4.52 Å². The first-order valence-corrected chi connectivity index (χ1v) is 10.4. The van der Waals surface area contributed by atoms with Crippen LogP contribution in [0.15, 0.2) is 39.8 Å². The molecule has 2 aromatic heterocycles. The predicted octanol–water partition coefficient (Wildman–Crippen LogP) is 0.774. The van der Waals surface area contributed by atoms with Gasteiger partial charge in [0.05, 0.1) is 12.2 Å². The second-order valence-corrected chi connectivity index (χ2v) is 8.55. The lowest BCUT2D eigenvalue weighted by Gasteiger charge is -2.33. The van der Waals surface area contributed by atoms with E-state index < -0.39 is 10.0 Å². The molecule has 0 unspecified atom stereocenters. The van der Waals surface area contributed by atoms with E-state index >= 15 is 0 Å². The Morgan fingerprint density at radius 2 is 1.79 bits per heavy atom. The van der Waals surface area contributed by atoms with Gasteiger partial charge in [0.2, 0.25) is 10.0 Å². The summed E-state index contributed by atoms with van der Waals surface area (Å²) < 4.78 is 34.1. The van der Waals surface area contributed by atoms with E-state index in [0.717, 1.165) is 5.69 Å². The standard InChI is InChI=1S/C17H21N7O3S/c1-13-17(14(2)27-19-13)28(25,26)23-10-8-22(9-11-23)12-16-18-20-21-24(16)15-6-4-3-5-7-15/h3-7H,8-12H2,1-2H3. The molecule has 1 aromatic carbocycles. The number of benzene rings is 1. The van der Waals surface area contributed by atoms with Crippen LogP contribution >= 0.6 is 0 Å². The highest BCUT2D eigenvalue weighted by atomic mass is 32.2. The smallest absolute Gasteiger partial charge is 0.248 e. The molecule has 0 amide bonds. The van der Waals surface area contributed by atoms with Crippen molar-refractivity contribution in [2.75, 3.05) is 26.2 Å². The van der Waals surface area contributed by atoms with E-state index in [4.69, 9.17) is 4.52 Å². The van der Waals surface area contributed by atoms with E-state index in [2.05, 4.69) is 25.6 Å². The van der Waals surface area contributed by atoms with Crippen LogP contribution in [0.5, 0.6) is 0 Å². The van der Waals surface area contributed by atoms with Gasteiger partial charge in [-0.25, -0.2) is 8.42 Å². The molecule has 0 aliphatic carbocycles. The molecule has 28 heavy (non-hydrogen) atoms. The van der Waals surface area contributed by atoms with Crippen molar-refractivity contribution in [3.63, 3.8) is 0 Å². The van der Waals surface area contributed by atoms with Crippen molar-refractivity contribution in [3.8, 4) is 5.69 Å². The van der Waals surface area contributed by atoms with Crippen molar-refractivity contribution >= 4 is 10.0 Å². The highest BCUT2D eigenvalue weighted by Gasteiger charge is 2.33. The summed E-state index contributed by atoms with van der Waals surface area (Å²) in [5.74, 6) is 1.04. The molecule has 4 rings (SSSR count). The molecular weight excluding hydrogens is 382 g/mol. The van der Waals surface area contributed by atoms with Crippen LogP contribution in [0.25, 0.3) is 5.69 Å². The van der Waals surface area contributed by atoms with Gasteiger partial charge in [0.1, 0.15) is 10.6 Å². The maximum Gasteiger partial charge on any atom is 0.248 e. The Labute approximate surface area is 162 Å². The maximum atomic E-state index is 12.9. The van der Waals surface area contributed by atoms with Gasteiger partial charge >= 0.3 is 0 Å². The van der Waals surface area contributed by atoms with Gasteiger partial charge in [-0.3, -0.25) is 4.90 Å². The van der Waals surface area contributed by atoms with Crippen LogP contribution in [0.2, 0.25) is 0 Å². The molecule has 0 bridgehead atoms. The molecule has 11 heteroatoms. The molecule has 0 atom stereocenters. The Morgan fingerprint density at radius 1 is 1.07 bits per heavy atom. The number of aryl methyl sites for hydroxylation is 2. The van der Waals surface area contributed by atoms with Crippen molar-refractivity contribution in [1.82, 2.24) is 34.6 Å². The van der Waals surface area contributed by atoms with E-state index in [0.29, 0.717) is 50.0 Å². The molecule has 10 nitrogen and oxygen atoms in total.